The van der Waals surface area contributed by atoms with Crippen LogP contribution in [0.2, 0.25) is 0 Å². The summed E-state index contributed by atoms with van der Waals surface area (Å²) in [4.78, 5) is 10.6. The van der Waals surface area contributed by atoms with Crippen LogP contribution in [-0.2, 0) is 9.53 Å². The summed E-state index contributed by atoms with van der Waals surface area (Å²) in [5, 5.41) is 29.8. The molecule has 28 heavy (non-hydrogen) atoms. The number of hydrogen-bond donors (Lipinski definition) is 3. The highest BCUT2D eigenvalue weighted by Gasteiger charge is 2.33. The summed E-state index contributed by atoms with van der Waals surface area (Å²) in [6, 6.07) is 0. The molecule has 0 aliphatic heterocycles. The van der Waals surface area contributed by atoms with Gasteiger partial charge in [0.2, 0.25) is 0 Å². The summed E-state index contributed by atoms with van der Waals surface area (Å²) in [5.41, 5.74) is 0.928. The molecule has 1 aliphatic carbocycles. The normalized spacial score (nSPS) is 21.5. The molecule has 162 valence electrons. The highest BCUT2D eigenvalue weighted by Crippen LogP contribution is 2.38. The van der Waals surface area contributed by atoms with Gasteiger partial charge in [0.1, 0.15) is 0 Å². The zero-order valence-corrected chi connectivity index (χ0v) is 18.1. The van der Waals surface area contributed by atoms with E-state index in [9.17, 15) is 15.0 Å². The highest BCUT2D eigenvalue weighted by molar-refractivity contribution is 5.66. The number of aliphatic hydroxyl groups excluding tert-OH is 2. The van der Waals surface area contributed by atoms with E-state index in [1.807, 2.05) is 12.2 Å². The molecule has 0 unspecified atom stereocenters. The first-order valence-corrected chi connectivity index (χ1v) is 10.7. The lowest BCUT2D eigenvalue weighted by molar-refractivity contribution is -0.137. The predicted molar refractivity (Wildman–Crippen MR) is 112 cm³/mol. The number of carboxylic acids is 1. The fraction of sp³-hybridized carbons (Fsp3) is 0.783. The minimum atomic E-state index is -0.742. The Morgan fingerprint density at radius 2 is 1.93 bits per heavy atom. The fourth-order valence-corrected chi connectivity index (χ4v) is 3.84. The summed E-state index contributed by atoms with van der Waals surface area (Å²) in [6.07, 6.45) is 11.0. The maximum Gasteiger partial charge on any atom is 0.303 e. The topological polar surface area (TPSA) is 87.0 Å². The van der Waals surface area contributed by atoms with E-state index < -0.39 is 18.2 Å². The number of aliphatic carboxylic acids is 1. The Kier molecular flexibility index (Phi) is 10.8. The Labute approximate surface area is 170 Å². The zero-order valence-electron chi connectivity index (χ0n) is 18.1. The van der Waals surface area contributed by atoms with Gasteiger partial charge in [-0.2, -0.15) is 0 Å². The Balaban J connectivity index is 2.66. The standard InChI is InChI=1S/C23H40O5/c1-5-6-15-23(2,3)21(25)14-13-17-18(20(28-4)16-19(17)24)11-9-7-8-10-12-22(26)27/h13-14,17,19,21,24-25H,5-12,15-16H2,1-4H3,(H,26,27)/b14-13+/t17-,19-,21+/m1/s1. The van der Waals surface area contributed by atoms with E-state index in [0.717, 1.165) is 56.3 Å². The fourth-order valence-electron chi connectivity index (χ4n) is 3.84. The molecule has 5 heteroatoms. The molecule has 0 aromatic carbocycles. The highest BCUT2D eigenvalue weighted by atomic mass is 16.5. The minimum absolute atomic E-state index is 0.120. The molecule has 0 spiro atoms. The first-order chi connectivity index (χ1) is 13.2. The van der Waals surface area contributed by atoms with E-state index in [1.165, 1.54) is 0 Å². The average Bonchev–Trinajstić information content (AvgIpc) is 2.95. The first-order valence-electron chi connectivity index (χ1n) is 10.7. The van der Waals surface area contributed by atoms with Crippen molar-refractivity contribution in [3.63, 3.8) is 0 Å². The van der Waals surface area contributed by atoms with Crippen molar-refractivity contribution in [1.82, 2.24) is 0 Å². The summed E-state index contributed by atoms with van der Waals surface area (Å²) >= 11 is 0. The van der Waals surface area contributed by atoms with Crippen LogP contribution >= 0.6 is 0 Å². The summed E-state index contributed by atoms with van der Waals surface area (Å²) < 4.78 is 5.51. The molecule has 3 N–H and O–H groups in total. The summed E-state index contributed by atoms with van der Waals surface area (Å²) in [6.45, 7) is 6.31. The Hall–Kier alpha value is -1.33. The van der Waals surface area contributed by atoms with Crippen molar-refractivity contribution < 1.29 is 24.9 Å². The quantitative estimate of drug-likeness (QED) is 0.289. The molecule has 0 saturated heterocycles. The molecule has 0 fully saturated rings. The number of carboxylic acid groups (broad SMARTS) is 1. The Morgan fingerprint density at radius 1 is 1.25 bits per heavy atom. The predicted octanol–water partition coefficient (Wildman–Crippen LogP) is 4.83. The molecule has 1 rings (SSSR count). The van der Waals surface area contributed by atoms with Gasteiger partial charge in [0.15, 0.2) is 0 Å². The summed E-state index contributed by atoms with van der Waals surface area (Å²) in [5.74, 6) is -0.00748. The van der Waals surface area contributed by atoms with Crippen molar-refractivity contribution in [2.45, 2.75) is 97.2 Å². The zero-order chi connectivity index (χ0) is 21.2. The van der Waals surface area contributed by atoms with Crippen molar-refractivity contribution in [2.24, 2.45) is 11.3 Å². The van der Waals surface area contributed by atoms with Gasteiger partial charge in [-0.05, 0) is 36.7 Å². The second-order valence-corrected chi connectivity index (χ2v) is 8.68. The number of ether oxygens (including phenoxy) is 1. The molecule has 5 nitrogen and oxygen atoms in total. The van der Waals surface area contributed by atoms with E-state index in [2.05, 4.69) is 20.8 Å². The molecule has 0 amide bonds. The molecule has 0 bridgehead atoms. The molecule has 0 heterocycles. The van der Waals surface area contributed by atoms with Gasteiger partial charge < -0.3 is 20.1 Å². The average molecular weight is 397 g/mol. The number of methoxy groups -OCH3 is 1. The Bertz CT molecular complexity index is 535. The largest absolute Gasteiger partial charge is 0.501 e. The smallest absolute Gasteiger partial charge is 0.303 e. The van der Waals surface area contributed by atoms with Gasteiger partial charge in [0.05, 0.1) is 25.1 Å². The van der Waals surface area contributed by atoms with Gasteiger partial charge >= 0.3 is 5.97 Å². The van der Waals surface area contributed by atoms with Crippen LogP contribution in [-0.4, -0.2) is 40.6 Å². The molecule has 0 aromatic heterocycles. The maximum atomic E-state index is 10.6. The van der Waals surface area contributed by atoms with E-state index >= 15 is 0 Å². The third-order valence-electron chi connectivity index (χ3n) is 5.88. The minimum Gasteiger partial charge on any atom is -0.501 e. The van der Waals surface area contributed by atoms with E-state index in [0.29, 0.717) is 12.8 Å². The van der Waals surface area contributed by atoms with Gasteiger partial charge in [-0.25, -0.2) is 0 Å². The monoisotopic (exact) mass is 396 g/mol. The molecule has 1 aliphatic rings. The van der Waals surface area contributed by atoms with Gasteiger partial charge in [-0.3, -0.25) is 4.79 Å². The van der Waals surface area contributed by atoms with Crippen LogP contribution < -0.4 is 0 Å². The number of unbranched alkanes of at least 4 members (excludes halogenated alkanes) is 4. The van der Waals surface area contributed by atoms with Crippen molar-refractivity contribution in [3.05, 3.63) is 23.5 Å². The third-order valence-corrected chi connectivity index (χ3v) is 5.88. The third kappa shape index (κ3) is 7.96. The molecular weight excluding hydrogens is 356 g/mol. The molecule has 0 radical (unpaired) electrons. The van der Waals surface area contributed by atoms with E-state index in [4.69, 9.17) is 9.84 Å². The van der Waals surface area contributed by atoms with Gasteiger partial charge in [-0.15, -0.1) is 0 Å². The van der Waals surface area contributed by atoms with Gasteiger partial charge in [-0.1, -0.05) is 58.6 Å². The second-order valence-electron chi connectivity index (χ2n) is 8.68. The van der Waals surface area contributed by atoms with Crippen LogP contribution in [0.5, 0.6) is 0 Å². The van der Waals surface area contributed by atoms with Crippen LogP contribution in [0.1, 0.15) is 85.0 Å². The first kappa shape index (κ1) is 24.7. The van der Waals surface area contributed by atoms with Crippen molar-refractivity contribution in [1.29, 1.82) is 0 Å². The van der Waals surface area contributed by atoms with Crippen LogP contribution in [0.4, 0.5) is 0 Å². The van der Waals surface area contributed by atoms with Crippen molar-refractivity contribution in [3.8, 4) is 0 Å². The van der Waals surface area contributed by atoms with Crippen LogP contribution in [0.25, 0.3) is 0 Å². The SMILES string of the molecule is CCCCC(C)(C)[C@@H](O)/C=C/[C@@H]1C(CCCCCCC(=O)O)=C(OC)C[C@H]1O. The van der Waals surface area contributed by atoms with Crippen molar-refractivity contribution in [2.75, 3.05) is 7.11 Å². The van der Waals surface area contributed by atoms with E-state index in [-0.39, 0.29) is 17.8 Å². The maximum absolute atomic E-state index is 10.6. The van der Waals surface area contributed by atoms with Crippen LogP contribution in [0.3, 0.4) is 0 Å². The lowest BCUT2D eigenvalue weighted by atomic mass is 9.80. The molecule has 0 saturated carbocycles. The second kappa shape index (κ2) is 12.3. The number of carbonyl (C=O) groups is 1. The molecule has 3 atom stereocenters. The number of aliphatic hydroxyl groups is 2. The Morgan fingerprint density at radius 3 is 2.54 bits per heavy atom. The molecule has 0 aromatic rings. The lowest BCUT2D eigenvalue weighted by Crippen LogP contribution is -2.28. The van der Waals surface area contributed by atoms with Gasteiger partial charge in [0, 0.05) is 18.8 Å². The van der Waals surface area contributed by atoms with E-state index in [1.54, 1.807) is 7.11 Å². The van der Waals surface area contributed by atoms with Gasteiger partial charge in [0.25, 0.3) is 0 Å². The van der Waals surface area contributed by atoms with Crippen LogP contribution in [0.15, 0.2) is 23.5 Å². The number of hydrogen-bond acceptors (Lipinski definition) is 4. The van der Waals surface area contributed by atoms with Crippen molar-refractivity contribution >= 4 is 5.97 Å². The molecular formula is C23H40O5. The van der Waals surface area contributed by atoms with Crippen LogP contribution in [0, 0.1) is 11.3 Å². The number of rotatable bonds is 14. The lowest BCUT2D eigenvalue weighted by Gasteiger charge is -2.29. The summed E-state index contributed by atoms with van der Waals surface area (Å²) in [7, 11) is 1.64.